The van der Waals surface area contributed by atoms with E-state index in [1.165, 1.54) is 18.2 Å². The van der Waals surface area contributed by atoms with Crippen molar-refractivity contribution in [3.63, 3.8) is 0 Å². The molecule has 1 N–H and O–H groups in total. The van der Waals surface area contributed by atoms with E-state index in [9.17, 15) is 13.6 Å². The van der Waals surface area contributed by atoms with E-state index in [2.05, 4.69) is 4.72 Å². The van der Waals surface area contributed by atoms with E-state index in [-0.39, 0.29) is 23.3 Å². The van der Waals surface area contributed by atoms with E-state index in [0.29, 0.717) is 11.6 Å². The van der Waals surface area contributed by atoms with Crippen LogP contribution in [0.1, 0.15) is 30.7 Å². The third-order valence-electron chi connectivity index (χ3n) is 5.72. The van der Waals surface area contributed by atoms with Gasteiger partial charge in [0.15, 0.2) is 0 Å². The van der Waals surface area contributed by atoms with Crippen LogP contribution in [-0.4, -0.2) is 36.2 Å². The molecule has 0 spiro atoms. The van der Waals surface area contributed by atoms with Gasteiger partial charge in [-0.15, -0.1) is 0 Å². The van der Waals surface area contributed by atoms with Crippen LogP contribution in [0.4, 0.5) is 8.78 Å². The van der Waals surface area contributed by atoms with Gasteiger partial charge in [0.2, 0.25) is 5.91 Å². The molecular weight excluding hydrogens is 378 g/mol. The molecule has 1 amide bonds. The summed E-state index contributed by atoms with van der Waals surface area (Å²) in [5, 5.41) is 0. The fourth-order valence-electron chi connectivity index (χ4n) is 4.29. The molecule has 0 aromatic heterocycles. The maximum absolute atomic E-state index is 14.3. The van der Waals surface area contributed by atoms with Crippen molar-refractivity contribution in [2.24, 2.45) is 5.92 Å². The second kappa shape index (κ2) is 8.21. The van der Waals surface area contributed by atoms with Crippen LogP contribution in [0.5, 0.6) is 0 Å². The second-order valence-electron chi connectivity index (χ2n) is 7.58. The lowest BCUT2D eigenvalue weighted by molar-refractivity contribution is -0.133. The Hall–Kier alpha value is -1.92. The van der Waals surface area contributed by atoms with Gasteiger partial charge >= 0.3 is 0 Å². The van der Waals surface area contributed by atoms with Gasteiger partial charge in [-0.2, -0.15) is 0 Å². The summed E-state index contributed by atoms with van der Waals surface area (Å²) in [5.74, 6) is -1.04. The summed E-state index contributed by atoms with van der Waals surface area (Å²) in [6.45, 7) is 1.52. The Morgan fingerprint density at radius 2 is 1.89 bits per heavy atom. The molecule has 2 fully saturated rings. The number of benzene rings is 2. The Kier molecular flexibility index (Phi) is 5.69. The van der Waals surface area contributed by atoms with Gasteiger partial charge in [0.25, 0.3) is 0 Å². The fraction of sp³-hybridized carbons (Fsp3) is 0.409. The van der Waals surface area contributed by atoms with E-state index < -0.39 is 11.6 Å². The van der Waals surface area contributed by atoms with Gasteiger partial charge in [-0.1, -0.05) is 42.3 Å². The average molecular weight is 403 g/mol. The molecule has 148 valence electrons. The summed E-state index contributed by atoms with van der Waals surface area (Å²) < 4.78 is 32.0. The molecule has 6 heteroatoms. The number of amides is 1. The Morgan fingerprint density at radius 1 is 1.14 bits per heavy atom. The van der Waals surface area contributed by atoms with Crippen molar-refractivity contribution in [3.8, 4) is 11.1 Å². The molecule has 2 aromatic carbocycles. The van der Waals surface area contributed by atoms with E-state index in [1.54, 1.807) is 24.1 Å². The van der Waals surface area contributed by atoms with Gasteiger partial charge in [-0.05, 0) is 54.7 Å². The highest BCUT2D eigenvalue weighted by molar-refractivity contribution is 7.96. The molecule has 4 rings (SSSR count). The van der Waals surface area contributed by atoms with E-state index in [0.717, 1.165) is 37.9 Å². The highest BCUT2D eigenvalue weighted by atomic mass is 32.2. The van der Waals surface area contributed by atoms with Gasteiger partial charge in [-0.3, -0.25) is 9.52 Å². The lowest BCUT2D eigenvalue weighted by atomic mass is 9.95. The molecule has 0 radical (unpaired) electrons. The molecule has 3 unspecified atom stereocenters. The van der Waals surface area contributed by atoms with Crippen molar-refractivity contribution in [1.82, 2.24) is 9.62 Å². The van der Waals surface area contributed by atoms with Crippen LogP contribution in [0.2, 0.25) is 0 Å². The zero-order chi connectivity index (χ0) is 19.7. The molecule has 1 saturated heterocycles. The number of nitrogens with zero attached hydrogens (tertiary/aromatic N) is 1. The number of piperidine rings is 1. The zero-order valence-corrected chi connectivity index (χ0v) is 16.6. The number of carbonyl (C=O) groups is 1. The quantitative estimate of drug-likeness (QED) is 0.743. The lowest BCUT2D eigenvalue weighted by Crippen LogP contribution is -2.46. The normalized spacial score (nSPS) is 24.2. The maximum Gasteiger partial charge on any atom is 0.226 e. The smallest absolute Gasteiger partial charge is 0.226 e. The minimum absolute atomic E-state index is 0.00148. The topological polar surface area (TPSA) is 32.3 Å². The van der Waals surface area contributed by atoms with Crippen molar-refractivity contribution in [2.75, 3.05) is 19.3 Å². The van der Waals surface area contributed by atoms with Crippen LogP contribution in [0.3, 0.4) is 0 Å². The van der Waals surface area contributed by atoms with Crippen molar-refractivity contribution in [3.05, 3.63) is 59.7 Å². The Morgan fingerprint density at radius 3 is 2.64 bits per heavy atom. The minimum Gasteiger partial charge on any atom is -0.341 e. The number of hydrogen-bond acceptors (Lipinski definition) is 3. The summed E-state index contributed by atoms with van der Waals surface area (Å²) in [7, 11) is 0. The van der Waals surface area contributed by atoms with Crippen molar-refractivity contribution in [1.29, 1.82) is 0 Å². The first-order valence-electron chi connectivity index (χ1n) is 9.70. The molecule has 2 aromatic rings. The van der Waals surface area contributed by atoms with Crippen molar-refractivity contribution < 1.29 is 13.6 Å². The predicted octanol–water partition coefficient (Wildman–Crippen LogP) is 4.59. The number of hydrogen-bond donors (Lipinski definition) is 1. The summed E-state index contributed by atoms with van der Waals surface area (Å²) in [4.78, 5) is 15.0. The van der Waals surface area contributed by atoms with E-state index in [1.807, 2.05) is 23.3 Å². The summed E-state index contributed by atoms with van der Waals surface area (Å²) in [6, 6.07) is 11.5. The fourth-order valence-corrected chi connectivity index (χ4v) is 4.82. The van der Waals surface area contributed by atoms with Gasteiger partial charge < -0.3 is 4.90 Å². The van der Waals surface area contributed by atoms with Crippen LogP contribution >= 0.6 is 11.9 Å². The minimum atomic E-state index is -0.571. The molecule has 3 atom stereocenters. The zero-order valence-electron chi connectivity index (χ0n) is 15.8. The number of rotatable bonds is 5. The maximum atomic E-state index is 14.3. The van der Waals surface area contributed by atoms with Crippen LogP contribution in [0.15, 0.2) is 42.5 Å². The van der Waals surface area contributed by atoms with Crippen LogP contribution < -0.4 is 4.72 Å². The third kappa shape index (κ3) is 3.80. The predicted molar refractivity (Wildman–Crippen MR) is 109 cm³/mol. The standard InChI is InChI=1S/C22H24F2N2OS/c1-28-25-14-6-5-11-26(13-14)22(27)18-12-17(18)15-7-2-3-8-16(15)21-19(23)9-4-10-20(21)24/h2-4,7-10,14,17-18,25H,5-6,11-13H2,1H3. The molecule has 3 nitrogen and oxygen atoms in total. The summed E-state index contributed by atoms with van der Waals surface area (Å²) in [5.41, 5.74) is 1.41. The van der Waals surface area contributed by atoms with Crippen LogP contribution in [-0.2, 0) is 4.79 Å². The van der Waals surface area contributed by atoms with Gasteiger partial charge in [0, 0.05) is 25.0 Å². The Balaban J connectivity index is 1.54. The van der Waals surface area contributed by atoms with Crippen LogP contribution in [0.25, 0.3) is 11.1 Å². The average Bonchev–Trinajstić information content (AvgIpc) is 3.49. The van der Waals surface area contributed by atoms with Gasteiger partial charge in [0.1, 0.15) is 11.6 Å². The molecule has 0 bridgehead atoms. The van der Waals surface area contributed by atoms with E-state index >= 15 is 0 Å². The number of carbonyl (C=O) groups excluding carboxylic acids is 1. The van der Waals surface area contributed by atoms with Crippen LogP contribution in [0, 0.1) is 17.6 Å². The van der Waals surface area contributed by atoms with Crippen molar-refractivity contribution >= 4 is 17.9 Å². The molecule has 1 aliphatic heterocycles. The first-order valence-corrected chi connectivity index (χ1v) is 10.9. The summed E-state index contributed by atoms with van der Waals surface area (Å²) >= 11 is 1.59. The summed E-state index contributed by atoms with van der Waals surface area (Å²) in [6.07, 6.45) is 4.81. The molecular formula is C22H24F2N2OS. The van der Waals surface area contributed by atoms with Gasteiger partial charge in [-0.25, -0.2) is 8.78 Å². The van der Waals surface area contributed by atoms with Crippen molar-refractivity contribution in [2.45, 2.75) is 31.2 Å². The first-order chi connectivity index (χ1) is 13.6. The molecule has 1 heterocycles. The third-order valence-corrected chi connectivity index (χ3v) is 6.29. The second-order valence-corrected chi connectivity index (χ2v) is 8.22. The lowest BCUT2D eigenvalue weighted by Gasteiger charge is -2.33. The number of likely N-dealkylation sites (tertiary alicyclic amines) is 1. The molecule has 28 heavy (non-hydrogen) atoms. The Labute approximate surface area is 168 Å². The number of nitrogens with one attached hydrogen (secondary N) is 1. The SMILES string of the molecule is CSNC1CCCN(C(=O)C2CC2c2ccccc2-c2c(F)cccc2F)C1. The van der Waals surface area contributed by atoms with E-state index in [4.69, 9.17) is 0 Å². The Bertz CT molecular complexity index is 853. The number of halogens is 2. The molecule has 1 aliphatic carbocycles. The largest absolute Gasteiger partial charge is 0.341 e. The monoisotopic (exact) mass is 402 g/mol. The van der Waals surface area contributed by atoms with Gasteiger partial charge in [0.05, 0.1) is 5.56 Å². The highest BCUT2D eigenvalue weighted by Gasteiger charge is 2.47. The highest BCUT2D eigenvalue weighted by Crippen LogP contribution is 2.51. The first kappa shape index (κ1) is 19.4. The molecule has 1 saturated carbocycles. The molecule has 2 aliphatic rings.